The number of carbonyl (C=O) groups is 2. The molecule has 6 rings (SSSR count). The van der Waals surface area contributed by atoms with Gasteiger partial charge in [0.1, 0.15) is 5.82 Å². The molecule has 37 heavy (non-hydrogen) atoms. The highest BCUT2D eigenvalue weighted by Gasteiger charge is 2.60. The summed E-state index contributed by atoms with van der Waals surface area (Å²) >= 11 is 0. The number of amides is 3. The summed E-state index contributed by atoms with van der Waals surface area (Å²) in [5.74, 6) is 0.198. The number of aliphatic hydroxyl groups excluding tert-OH is 1. The van der Waals surface area contributed by atoms with Crippen LogP contribution in [-0.4, -0.2) is 53.2 Å². The number of rotatable bonds is 7. The van der Waals surface area contributed by atoms with Crippen molar-refractivity contribution < 1.29 is 19.1 Å². The minimum absolute atomic E-state index is 0.00273. The van der Waals surface area contributed by atoms with Crippen LogP contribution in [0.4, 0.5) is 14.9 Å². The monoisotopic (exact) mass is 514 g/mol. The SMILES string of the molecule is CC(O)CNC(=O)C1CCN(Cc2ccc(NC(=O)NC34CC5C[C@@](C)(C3)C[C@](C)(C5)C4)c(F)c2)CC1. The molecule has 3 unspecified atom stereocenters. The Bertz CT molecular complexity index is 1020. The van der Waals surface area contributed by atoms with E-state index in [1.165, 1.54) is 25.3 Å². The topological polar surface area (TPSA) is 93.7 Å². The van der Waals surface area contributed by atoms with Gasteiger partial charge < -0.3 is 21.1 Å². The van der Waals surface area contributed by atoms with Gasteiger partial charge in [-0.1, -0.05) is 19.9 Å². The van der Waals surface area contributed by atoms with Gasteiger partial charge in [0, 0.05) is 24.5 Å². The van der Waals surface area contributed by atoms with Crippen LogP contribution >= 0.6 is 0 Å². The molecule has 1 saturated heterocycles. The van der Waals surface area contributed by atoms with E-state index in [1.54, 1.807) is 13.0 Å². The van der Waals surface area contributed by atoms with Crippen LogP contribution < -0.4 is 16.0 Å². The van der Waals surface area contributed by atoms with Gasteiger partial charge in [-0.2, -0.15) is 0 Å². The maximum Gasteiger partial charge on any atom is 0.319 e. The fraction of sp³-hybridized carbons (Fsp3) is 0.724. The van der Waals surface area contributed by atoms with Gasteiger partial charge in [0.15, 0.2) is 0 Å². The first-order chi connectivity index (χ1) is 17.4. The van der Waals surface area contributed by atoms with Crippen molar-refractivity contribution in [2.45, 2.75) is 90.3 Å². The summed E-state index contributed by atoms with van der Waals surface area (Å²) in [5, 5.41) is 18.2. The van der Waals surface area contributed by atoms with E-state index in [2.05, 4.69) is 34.7 Å². The summed E-state index contributed by atoms with van der Waals surface area (Å²) < 4.78 is 15.0. The summed E-state index contributed by atoms with van der Waals surface area (Å²) in [6.45, 7) is 8.80. The average Bonchev–Trinajstić information content (AvgIpc) is 2.77. The third-order valence-corrected chi connectivity index (χ3v) is 9.22. The predicted octanol–water partition coefficient (Wildman–Crippen LogP) is 4.41. The number of anilines is 1. The van der Waals surface area contributed by atoms with E-state index in [4.69, 9.17) is 0 Å². The summed E-state index contributed by atoms with van der Waals surface area (Å²) in [6, 6.07) is 4.72. The Morgan fingerprint density at radius 3 is 2.38 bits per heavy atom. The van der Waals surface area contributed by atoms with Gasteiger partial charge in [0.2, 0.25) is 5.91 Å². The molecule has 4 bridgehead atoms. The maximum absolute atomic E-state index is 15.0. The van der Waals surface area contributed by atoms with Crippen LogP contribution in [-0.2, 0) is 11.3 Å². The number of benzene rings is 1. The van der Waals surface area contributed by atoms with Gasteiger partial charge in [-0.25, -0.2) is 9.18 Å². The highest BCUT2D eigenvalue weighted by Crippen LogP contribution is 2.66. The number of nitrogens with zero attached hydrogens (tertiary/aromatic N) is 1. The van der Waals surface area contributed by atoms with E-state index in [1.807, 2.05) is 6.07 Å². The number of nitrogens with one attached hydrogen (secondary N) is 3. The van der Waals surface area contributed by atoms with Crippen LogP contribution in [0.3, 0.4) is 0 Å². The van der Waals surface area contributed by atoms with E-state index in [9.17, 15) is 19.1 Å². The van der Waals surface area contributed by atoms with E-state index < -0.39 is 11.9 Å². The van der Waals surface area contributed by atoms with Crippen LogP contribution in [0.25, 0.3) is 0 Å². The minimum Gasteiger partial charge on any atom is -0.392 e. The number of halogens is 1. The minimum atomic E-state index is -0.550. The zero-order valence-corrected chi connectivity index (χ0v) is 22.5. The second-order valence-corrected chi connectivity index (χ2v) is 13.4. The zero-order chi connectivity index (χ0) is 26.4. The molecule has 7 nitrogen and oxygen atoms in total. The standard InChI is InChI=1S/C29H43FN4O3/c1-19(35)14-31-25(36)22-6-8-34(9-7-22)15-20-4-5-24(23(30)10-20)32-26(37)33-29-13-21-11-27(2,17-29)16-28(3,12-21)18-29/h4-5,10,19,21-22,35H,6-9,11-18H2,1-3H3,(H,31,36)(H2,32,33,37)/t19?,21?,27-,28+,29?. The molecule has 4 saturated carbocycles. The quantitative estimate of drug-likeness (QED) is 0.434. The van der Waals surface area contributed by atoms with Crippen molar-refractivity contribution in [1.82, 2.24) is 15.5 Å². The molecule has 1 aromatic carbocycles. The van der Waals surface area contributed by atoms with Crippen molar-refractivity contribution in [3.8, 4) is 0 Å². The molecular weight excluding hydrogens is 471 g/mol. The van der Waals surface area contributed by atoms with Gasteiger partial charge >= 0.3 is 6.03 Å². The first-order valence-corrected chi connectivity index (χ1v) is 14.0. The van der Waals surface area contributed by atoms with Crippen LogP contribution in [0.1, 0.15) is 77.7 Å². The first-order valence-electron chi connectivity index (χ1n) is 14.0. The first kappa shape index (κ1) is 26.4. The van der Waals surface area contributed by atoms with Crippen molar-refractivity contribution in [1.29, 1.82) is 0 Å². The van der Waals surface area contributed by atoms with Gasteiger partial charge in [-0.15, -0.1) is 0 Å². The molecule has 0 spiro atoms. The van der Waals surface area contributed by atoms with Crippen molar-refractivity contribution in [2.24, 2.45) is 22.7 Å². The molecule has 0 aromatic heterocycles. The molecule has 1 heterocycles. The van der Waals surface area contributed by atoms with Crippen LogP contribution in [0, 0.1) is 28.5 Å². The molecular formula is C29H43FN4O3. The number of hydrogen-bond donors (Lipinski definition) is 4. The molecule has 5 aliphatic rings. The van der Waals surface area contributed by atoms with Crippen molar-refractivity contribution in [3.05, 3.63) is 29.6 Å². The lowest BCUT2D eigenvalue weighted by molar-refractivity contribution is -0.126. The fourth-order valence-electron chi connectivity index (χ4n) is 8.74. The Morgan fingerprint density at radius 2 is 1.78 bits per heavy atom. The molecule has 204 valence electrons. The Labute approximate surface area is 219 Å². The summed E-state index contributed by atoms with van der Waals surface area (Å²) in [6.07, 6.45) is 7.77. The number of piperidine rings is 1. The number of carbonyl (C=O) groups excluding carboxylic acids is 2. The molecule has 5 fully saturated rings. The van der Waals surface area contributed by atoms with E-state index in [-0.39, 0.29) is 35.6 Å². The Kier molecular flexibility index (Phi) is 7.03. The molecule has 4 N–H and O–H groups in total. The number of urea groups is 1. The lowest BCUT2D eigenvalue weighted by Crippen LogP contribution is -2.65. The fourth-order valence-corrected chi connectivity index (χ4v) is 8.74. The summed E-state index contributed by atoms with van der Waals surface area (Å²) in [5.41, 5.74) is 1.47. The zero-order valence-electron chi connectivity index (χ0n) is 22.5. The van der Waals surface area contributed by atoms with Gasteiger partial charge in [0.05, 0.1) is 11.8 Å². The second-order valence-electron chi connectivity index (χ2n) is 13.4. The highest BCUT2D eigenvalue weighted by molar-refractivity contribution is 5.90. The molecule has 3 amide bonds. The molecule has 4 aliphatic carbocycles. The second kappa shape index (κ2) is 9.84. The average molecular weight is 515 g/mol. The van der Waals surface area contributed by atoms with Gasteiger partial charge in [-0.3, -0.25) is 9.69 Å². The van der Waals surface area contributed by atoms with Gasteiger partial charge in [0.25, 0.3) is 0 Å². The number of hydrogen-bond acceptors (Lipinski definition) is 4. The highest BCUT2D eigenvalue weighted by atomic mass is 19.1. The van der Waals surface area contributed by atoms with Crippen molar-refractivity contribution in [3.63, 3.8) is 0 Å². The van der Waals surface area contributed by atoms with Crippen LogP contribution in [0.15, 0.2) is 18.2 Å². The molecule has 8 heteroatoms. The molecule has 1 aromatic rings. The number of likely N-dealkylation sites (tertiary alicyclic amines) is 1. The number of aliphatic hydroxyl groups is 1. The van der Waals surface area contributed by atoms with Gasteiger partial charge in [-0.05, 0) is 106 Å². The Morgan fingerprint density at radius 1 is 1.11 bits per heavy atom. The van der Waals surface area contributed by atoms with Crippen LogP contribution in [0.5, 0.6) is 0 Å². The molecule has 1 aliphatic heterocycles. The van der Waals surface area contributed by atoms with E-state index in [0.29, 0.717) is 23.3 Å². The van der Waals surface area contributed by atoms with Crippen molar-refractivity contribution >= 4 is 17.6 Å². The van der Waals surface area contributed by atoms with E-state index in [0.717, 1.165) is 50.8 Å². The molecule has 5 atom stereocenters. The lowest BCUT2D eigenvalue weighted by Gasteiger charge is -2.65. The van der Waals surface area contributed by atoms with Crippen LogP contribution in [0.2, 0.25) is 0 Å². The predicted molar refractivity (Wildman–Crippen MR) is 141 cm³/mol. The third kappa shape index (κ3) is 5.95. The summed E-state index contributed by atoms with van der Waals surface area (Å²) in [4.78, 5) is 27.5. The molecule has 0 radical (unpaired) electrons. The largest absolute Gasteiger partial charge is 0.392 e. The smallest absolute Gasteiger partial charge is 0.319 e. The lowest BCUT2D eigenvalue weighted by atomic mass is 9.43. The van der Waals surface area contributed by atoms with E-state index >= 15 is 0 Å². The summed E-state index contributed by atoms with van der Waals surface area (Å²) in [7, 11) is 0. The normalized spacial score (nSPS) is 34.2. The maximum atomic E-state index is 15.0. The van der Waals surface area contributed by atoms with Crippen molar-refractivity contribution in [2.75, 3.05) is 25.0 Å². The Balaban J connectivity index is 1.13. The third-order valence-electron chi connectivity index (χ3n) is 9.22. The Hall–Kier alpha value is -2.19.